The molecule has 1 saturated carbocycles. The molecule has 102 valence electrons. The van der Waals surface area contributed by atoms with Crippen LogP contribution in [0.4, 0.5) is 0 Å². The molecule has 0 amide bonds. The first kappa shape index (κ1) is 15.2. The predicted octanol–water partition coefficient (Wildman–Crippen LogP) is 3.73. The van der Waals surface area contributed by atoms with Crippen molar-refractivity contribution in [3.05, 3.63) is 0 Å². The van der Waals surface area contributed by atoms with Crippen LogP contribution in [0.5, 0.6) is 0 Å². The van der Waals surface area contributed by atoms with Crippen molar-refractivity contribution in [3.8, 4) is 11.8 Å². The summed E-state index contributed by atoms with van der Waals surface area (Å²) in [6, 6.07) is 0. The molecule has 0 unspecified atom stereocenters. The lowest BCUT2D eigenvalue weighted by molar-refractivity contribution is -0.152. The first-order chi connectivity index (χ1) is 8.46. The smallest absolute Gasteiger partial charge is 0.165 e. The molecule has 2 heteroatoms. The highest BCUT2D eigenvalue weighted by Gasteiger charge is 2.43. The molecule has 1 fully saturated rings. The Hall–Kier alpha value is -0.810. The average Bonchev–Trinajstić information content (AvgIpc) is 2.33. The zero-order valence-corrected chi connectivity index (χ0v) is 12.3. The Kier molecular flexibility index (Phi) is 5.41. The molecule has 0 heterocycles. The molecule has 0 aliphatic heterocycles. The monoisotopic (exact) mass is 250 g/mol. The van der Waals surface area contributed by atoms with Gasteiger partial charge in [0.15, 0.2) is 5.78 Å². The number of ketones is 1. The van der Waals surface area contributed by atoms with E-state index in [9.17, 15) is 4.79 Å². The molecule has 0 radical (unpaired) electrons. The van der Waals surface area contributed by atoms with Crippen molar-refractivity contribution in [2.24, 2.45) is 5.41 Å². The highest BCUT2D eigenvalue weighted by molar-refractivity contribution is 5.87. The van der Waals surface area contributed by atoms with E-state index < -0.39 is 5.60 Å². The van der Waals surface area contributed by atoms with Gasteiger partial charge in [-0.3, -0.25) is 4.79 Å². The molecule has 0 aromatic heterocycles. The van der Waals surface area contributed by atoms with Crippen LogP contribution in [0.1, 0.15) is 66.2 Å². The molecule has 0 spiro atoms. The van der Waals surface area contributed by atoms with Crippen LogP contribution < -0.4 is 0 Å². The molecule has 0 bridgehead atoms. The Balaban J connectivity index is 2.68. The number of Topliss-reactive ketones (excluding diaryl/α,β-unsaturated/α-hetero) is 1. The SMILES string of the molecule is CC#CCCC(=O)C1(OCC)CCC(C)(C)CC1. The first-order valence-corrected chi connectivity index (χ1v) is 7.03. The van der Waals surface area contributed by atoms with Gasteiger partial charge in [0.05, 0.1) is 0 Å². The van der Waals surface area contributed by atoms with Crippen LogP contribution in [0, 0.1) is 17.3 Å². The highest BCUT2D eigenvalue weighted by Crippen LogP contribution is 2.43. The lowest BCUT2D eigenvalue weighted by atomic mass is 9.69. The van der Waals surface area contributed by atoms with Gasteiger partial charge in [-0.05, 0) is 44.9 Å². The Morgan fingerprint density at radius 1 is 1.22 bits per heavy atom. The minimum atomic E-state index is -0.514. The lowest BCUT2D eigenvalue weighted by Crippen LogP contribution is -2.46. The van der Waals surface area contributed by atoms with Crippen LogP contribution in [0.25, 0.3) is 0 Å². The van der Waals surface area contributed by atoms with E-state index in [2.05, 4.69) is 25.7 Å². The maximum Gasteiger partial charge on any atom is 0.165 e. The molecule has 0 N–H and O–H groups in total. The molecular weight excluding hydrogens is 224 g/mol. The average molecular weight is 250 g/mol. The molecular formula is C16H26O2. The number of carbonyl (C=O) groups is 1. The maximum absolute atomic E-state index is 12.4. The number of carbonyl (C=O) groups excluding carboxylic acids is 1. The zero-order chi connectivity index (χ0) is 13.6. The van der Waals surface area contributed by atoms with E-state index in [-0.39, 0.29) is 5.78 Å². The van der Waals surface area contributed by atoms with Crippen LogP contribution in [0.3, 0.4) is 0 Å². The Morgan fingerprint density at radius 3 is 2.33 bits per heavy atom. The van der Waals surface area contributed by atoms with Gasteiger partial charge in [0.25, 0.3) is 0 Å². The molecule has 0 atom stereocenters. The van der Waals surface area contributed by atoms with Gasteiger partial charge >= 0.3 is 0 Å². The highest BCUT2D eigenvalue weighted by atomic mass is 16.5. The second kappa shape index (κ2) is 6.38. The van der Waals surface area contributed by atoms with E-state index in [4.69, 9.17) is 4.74 Å². The standard InChI is InChI=1S/C16H26O2/c1-5-7-8-9-14(17)16(18-6-2)12-10-15(3,4)11-13-16/h6,8-13H2,1-4H3. The predicted molar refractivity (Wildman–Crippen MR) is 74.3 cm³/mol. The van der Waals surface area contributed by atoms with Gasteiger partial charge in [0.1, 0.15) is 5.60 Å². The van der Waals surface area contributed by atoms with E-state index in [0.29, 0.717) is 24.9 Å². The summed E-state index contributed by atoms with van der Waals surface area (Å²) in [6.07, 6.45) is 5.06. The second-order valence-electron chi connectivity index (χ2n) is 5.94. The van der Waals surface area contributed by atoms with Gasteiger partial charge in [-0.15, -0.1) is 11.8 Å². The van der Waals surface area contributed by atoms with E-state index in [1.807, 2.05) is 13.8 Å². The molecule has 1 aliphatic carbocycles. The quantitative estimate of drug-likeness (QED) is 0.695. The molecule has 18 heavy (non-hydrogen) atoms. The second-order valence-corrected chi connectivity index (χ2v) is 5.94. The van der Waals surface area contributed by atoms with Gasteiger partial charge in [-0.1, -0.05) is 13.8 Å². The third-order valence-corrected chi connectivity index (χ3v) is 3.99. The minimum absolute atomic E-state index is 0.252. The number of hydrogen-bond acceptors (Lipinski definition) is 2. The molecule has 1 aliphatic rings. The summed E-state index contributed by atoms with van der Waals surface area (Å²) in [5.74, 6) is 6.06. The summed E-state index contributed by atoms with van der Waals surface area (Å²) in [5.41, 5.74) is -0.163. The van der Waals surface area contributed by atoms with Crippen molar-refractivity contribution in [1.82, 2.24) is 0 Å². The Morgan fingerprint density at radius 2 is 1.83 bits per heavy atom. The van der Waals surface area contributed by atoms with Crippen molar-refractivity contribution in [2.45, 2.75) is 71.8 Å². The van der Waals surface area contributed by atoms with E-state index in [0.717, 1.165) is 25.7 Å². The third kappa shape index (κ3) is 3.85. The molecule has 0 aromatic carbocycles. The van der Waals surface area contributed by atoms with Crippen molar-refractivity contribution >= 4 is 5.78 Å². The van der Waals surface area contributed by atoms with Crippen molar-refractivity contribution < 1.29 is 9.53 Å². The Labute approximate surface area is 111 Å². The van der Waals surface area contributed by atoms with Crippen LogP contribution in [-0.2, 0) is 9.53 Å². The number of hydrogen-bond donors (Lipinski definition) is 0. The summed E-state index contributed by atoms with van der Waals surface area (Å²) in [6.45, 7) is 8.95. The van der Waals surface area contributed by atoms with Crippen LogP contribution >= 0.6 is 0 Å². The summed E-state index contributed by atoms with van der Waals surface area (Å²) in [5, 5.41) is 0. The Bertz CT molecular complexity index is 334. The fourth-order valence-electron chi connectivity index (χ4n) is 2.64. The van der Waals surface area contributed by atoms with Crippen molar-refractivity contribution in [2.75, 3.05) is 6.61 Å². The summed E-state index contributed by atoms with van der Waals surface area (Å²) >= 11 is 0. The van der Waals surface area contributed by atoms with Crippen LogP contribution in [0.15, 0.2) is 0 Å². The topological polar surface area (TPSA) is 26.3 Å². The largest absolute Gasteiger partial charge is 0.368 e. The molecule has 2 nitrogen and oxygen atoms in total. The van der Waals surface area contributed by atoms with Crippen molar-refractivity contribution in [3.63, 3.8) is 0 Å². The van der Waals surface area contributed by atoms with Gasteiger partial charge in [-0.25, -0.2) is 0 Å². The van der Waals surface area contributed by atoms with Crippen LogP contribution in [-0.4, -0.2) is 18.0 Å². The summed E-state index contributed by atoms with van der Waals surface area (Å²) in [4.78, 5) is 12.4. The van der Waals surface area contributed by atoms with Gasteiger partial charge < -0.3 is 4.74 Å². The molecule has 0 aromatic rings. The summed E-state index contributed by atoms with van der Waals surface area (Å²) in [7, 11) is 0. The van der Waals surface area contributed by atoms with Gasteiger partial charge in [0.2, 0.25) is 0 Å². The molecule has 1 rings (SSSR count). The van der Waals surface area contributed by atoms with Gasteiger partial charge in [-0.2, -0.15) is 0 Å². The first-order valence-electron chi connectivity index (χ1n) is 7.03. The normalized spacial score (nSPS) is 20.9. The fraction of sp³-hybridized carbons (Fsp3) is 0.812. The van der Waals surface area contributed by atoms with E-state index in [1.165, 1.54) is 0 Å². The van der Waals surface area contributed by atoms with Gasteiger partial charge in [0, 0.05) is 19.4 Å². The number of rotatable bonds is 5. The zero-order valence-electron chi connectivity index (χ0n) is 12.3. The van der Waals surface area contributed by atoms with E-state index >= 15 is 0 Å². The number of ether oxygens (including phenoxy) is 1. The minimum Gasteiger partial charge on any atom is -0.368 e. The fourth-order valence-corrected chi connectivity index (χ4v) is 2.64. The van der Waals surface area contributed by atoms with E-state index in [1.54, 1.807) is 0 Å². The third-order valence-electron chi connectivity index (χ3n) is 3.99. The van der Waals surface area contributed by atoms with Crippen molar-refractivity contribution in [1.29, 1.82) is 0 Å². The summed E-state index contributed by atoms with van der Waals surface area (Å²) < 4.78 is 5.86. The lowest BCUT2D eigenvalue weighted by Gasteiger charge is -2.42. The molecule has 0 saturated heterocycles. The maximum atomic E-state index is 12.4. The van der Waals surface area contributed by atoms with Crippen LogP contribution in [0.2, 0.25) is 0 Å².